The summed E-state index contributed by atoms with van der Waals surface area (Å²) in [6.07, 6.45) is 0. The van der Waals surface area contributed by atoms with Gasteiger partial charge in [-0.15, -0.1) is 26.3 Å². The topological polar surface area (TPSA) is 422 Å². The molecule has 0 spiro atoms. The molecule has 0 saturated carbocycles. The second kappa shape index (κ2) is 55.4. The van der Waals surface area contributed by atoms with Crippen LogP contribution in [0.25, 0.3) is 0 Å². The van der Waals surface area contributed by atoms with Crippen LogP contribution in [0.15, 0.2) is 123 Å². The van der Waals surface area contributed by atoms with Gasteiger partial charge in [0.15, 0.2) is 0 Å². The van der Waals surface area contributed by atoms with Crippen molar-refractivity contribution in [1.29, 1.82) is 0 Å². The Morgan fingerprint density at radius 3 is 0.625 bits per heavy atom. The predicted molar refractivity (Wildman–Crippen MR) is 282 cm³/mol. The van der Waals surface area contributed by atoms with Crippen molar-refractivity contribution in [2.24, 2.45) is 0 Å². The first-order valence-electron chi connectivity index (χ1n) is 22.5. The number of carbonyl (C=O) groups excluding carboxylic acids is 8. The maximum Gasteiger partial charge on any atom is 0.372 e. The van der Waals surface area contributed by atoms with Crippen LogP contribution in [0.5, 0.6) is 0 Å². The van der Waals surface area contributed by atoms with Crippen LogP contribution >= 0.6 is 0 Å². The molecule has 4 aromatic rings. The fraction of sp³-hybridized carbons (Fsp3) is 0.321. The van der Waals surface area contributed by atoms with E-state index >= 15 is 0 Å². The van der Waals surface area contributed by atoms with Crippen molar-refractivity contribution in [3.63, 3.8) is 0 Å². The van der Waals surface area contributed by atoms with Gasteiger partial charge in [-0.1, -0.05) is 7.43 Å². The zero-order valence-corrected chi connectivity index (χ0v) is 43.4. The van der Waals surface area contributed by atoms with Crippen LogP contribution in [0.3, 0.4) is 0 Å². The zero-order valence-electron chi connectivity index (χ0n) is 43.4. The summed E-state index contributed by atoms with van der Waals surface area (Å²) >= 11 is 0. The van der Waals surface area contributed by atoms with Crippen LogP contribution < -0.4 is 0 Å². The number of methoxy groups -OCH3 is 2. The summed E-state index contributed by atoms with van der Waals surface area (Å²) in [4.78, 5) is 96.6. The summed E-state index contributed by atoms with van der Waals surface area (Å²) in [5.74, 6) is -5.04. The Bertz CT molecular complexity index is 2130. The number of ether oxygens (including phenoxy) is 7. The number of hydrogen-bond donors (Lipinski definition) is 10. The summed E-state index contributed by atoms with van der Waals surface area (Å²) in [6.45, 7) is 10.8. The number of hydrogen-bond acceptors (Lipinski definition) is 27. The minimum Gasteiger partial charge on any atom is -0.465 e. The third kappa shape index (κ3) is 38.3. The van der Waals surface area contributed by atoms with E-state index in [2.05, 4.69) is 50.3 Å². The molecule has 0 aliphatic carbocycles. The van der Waals surface area contributed by atoms with Gasteiger partial charge in [-0.3, -0.25) is 9.78 Å². The van der Waals surface area contributed by atoms with Crippen molar-refractivity contribution in [2.75, 3.05) is 107 Å². The van der Waals surface area contributed by atoms with E-state index in [0.717, 1.165) is 0 Å². The van der Waals surface area contributed by atoms with Crippen molar-refractivity contribution < 1.29 is 133 Å². The van der Waals surface area contributed by atoms with E-state index in [9.17, 15) is 38.4 Å². The molecule has 0 aliphatic rings. The normalized spacial score (nSPS) is 9.00. The van der Waals surface area contributed by atoms with Gasteiger partial charge >= 0.3 is 47.8 Å². The molecule has 80 heavy (non-hydrogen) atoms. The fourth-order valence-corrected chi connectivity index (χ4v) is 4.38. The molecular formula is C53H72O27. The molecule has 27 heteroatoms. The molecule has 0 fully saturated rings. The van der Waals surface area contributed by atoms with Crippen LogP contribution in [0.4, 0.5) is 0 Å². The lowest BCUT2D eigenvalue weighted by Gasteiger charge is -2.05. The average molecular weight is 1140 g/mol. The van der Waals surface area contributed by atoms with Crippen molar-refractivity contribution in [3.8, 4) is 0 Å². The number of rotatable bonds is 21. The molecule has 0 amide bonds. The van der Waals surface area contributed by atoms with E-state index in [1.54, 1.807) is 0 Å². The minimum atomic E-state index is -0.907. The lowest BCUT2D eigenvalue weighted by Crippen LogP contribution is -2.11. The first-order valence-corrected chi connectivity index (χ1v) is 22.5. The fourth-order valence-electron chi connectivity index (χ4n) is 4.38. The molecule has 0 heterocycles. The quantitative estimate of drug-likeness (QED) is 0.0143. The number of benzene rings is 4. The lowest BCUT2D eigenvalue weighted by molar-refractivity contribution is -0.182. The summed E-state index contributed by atoms with van der Waals surface area (Å²) in [5, 5.41) is 80.6. The smallest absolute Gasteiger partial charge is 0.372 e. The number of aliphatic hydroxyl groups excluding tert-OH is 8. The van der Waals surface area contributed by atoms with Crippen molar-refractivity contribution in [1.82, 2.24) is 0 Å². The monoisotopic (exact) mass is 1140 g/mol. The average Bonchev–Trinajstić information content (AvgIpc) is 3.51. The number of esters is 6. The molecule has 10 N–H and O–H groups in total. The Balaban J connectivity index is -0.000000291. The highest BCUT2D eigenvalue weighted by Gasteiger charge is 2.14. The van der Waals surface area contributed by atoms with E-state index in [0.29, 0.717) is 17.7 Å². The maximum atomic E-state index is 11.5. The molecule has 0 bridgehead atoms. The van der Waals surface area contributed by atoms with Crippen LogP contribution in [0.2, 0.25) is 0 Å². The Kier molecular flexibility index (Phi) is 55.8. The maximum absolute atomic E-state index is 11.5. The summed E-state index contributed by atoms with van der Waals surface area (Å²) in [6, 6.07) is 22.4. The standard InChI is InChI=1S/C12H14O6.C12H14O5.2C10H10O6.2C2H6O2.2C2H4.CH4/c13-5-7-17-11(15)9-1-2-10(4-3-9)12(16)18-8-6-14;1-15-7-8-17-12(14)10-5-3-9(4-6-10)11(13)16-2;2*11-5-6-15-9(12)7-1-3-8(4-2-7)10(13)16-14;2*3-1-2-4;2*1-2;/h1-4,13-14H,5-8H2;3-6H,7-8H2,1-2H3;2*1-4,11,14H,5-6H2;2*3-4H,1-2H2;2*1-2H2;1H4. The van der Waals surface area contributed by atoms with Crippen LogP contribution in [-0.4, -0.2) is 206 Å². The van der Waals surface area contributed by atoms with Crippen LogP contribution in [0, 0.1) is 0 Å². The van der Waals surface area contributed by atoms with E-state index in [-0.39, 0.29) is 127 Å². The predicted octanol–water partition coefficient (Wildman–Crippen LogP) is 2.37. The van der Waals surface area contributed by atoms with Gasteiger partial charge in [0.05, 0.1) is 111 Å². The number of aliphatic hydroxyl groups is 8. The van der Waals surface area contributed by atoms with E-state index in [4.69, 9.17) is 70.3 Å². The van der Waals surface area contributed by atoms with Gasteiger partial charge in [-0.05, 0) is 97.1 Å². The molecular weight excluding hydrogens is 1070 g/mol. The molecule has 4 rings (SSSR count). The van der Waals surface area contributed by atoms with Crippen molar-refractivity contribution >= 4 is 47.8 Å². The highest BCUT2D eigenvalue weighted by molar-refractivity contribution is 5.95. The Hall–Kier alpha value is -8.32. The summed E-state index contributed by atoms with van der Waals surface area (Å²) < 4.78 is 32.9. The third-order valence-corrected chi connectivity index (χ3v) is 7.79. The lowest BCUT2D eigenvalue weighted by atomic mass is 10.1. The first-order chi connectivity index (χ1) is 38.1. The van der Waals surface area contributed by atoms with Crippen molar-refractivity contribution in [2.45, 2.75) is 7.43 Å². The van der Waals surface area contributed by atoms with Gasteiger partial charge in [0.1, 0.15) is 33.0 Å². The van der Waals surface area contributed by atoms with Crippen LogP contribution in [-0.2, 0) is 42.9 Å². The zero-order chi connectivity index (χ0) is 60.8. The molecule has 0 saturated heterocycles. The summed E-state index contributed by atoms with van der Waals surface area (Å²) in [5.41, 5.74) is 2.03. The molecule has 0 radical (unpaired) electrons. The Morgan fingerprint density at radius 1 is 0.300 bits per heavy atom. The van der Waals surface area contributed by atoms with E-state index < -0.39 is 47.8 Å². The molecule has 0 aliphatic heterocycles. The molecule has 4 aromatic carbocycles. The SMILES string of the molecule is C.C=C.C=C.COCCOC(=O)c1ccc(C(=O)OC)cc1.O=C(OCCO)c1ccc(C(=O)OCCO)cc1.O=C(OO)c1ccc(C(=O)OCCO)cc1.O=C(OO)c1ccc(C(=O)OCCO)cc1.OCCO.OCCO. The summed E-state index contributed by atoms with van der Waals surface area (Å²) in [7, 11) is 2.83. The van der Waals surface area contributed by atoms with E-state index in [1.807, 2.05) is 0 Å². The van der Waals surface area contributed by atoms with Gasteiger partial charge in [0.2, 0.25) is 0 Å². The Morgan fingerprint density at radius 2 is 0.475 bits per heavy atom. The highest BCUT2D eigenvalue weighted by Crippen LogP contribution is 2.11. The van der Waals surface area contributed by atoms with E-state index in [1.165, 1.54) is 111 Å². The minimum absolute atomic E-state index is 0. The first kappa shape index (κ1) is 80.5. The second-order valence-electron chi connectivity index (χ2n) is 13.0. The second-order valence-corrected chi connectivity index (χ2v) is 13.0. The molecule has 27 nitrogen and oxygen atoms in total. The molecule has 446 valence electrons. The Labute approximate surface area is 461 Å². The van der Waals surface area contributed by atoms with Crippen LogP contribution in [0.1, 0.15) is 90.3 Å². The molecule has 0 aromatic heterocycles. The third-order valence-electron chi connectivity index (χ3n) is 7.79. The van der Waals surface area contributed by atoms with Gasteiger partial charge < -0.3 is 74.0 Å². The van der Waals surface area contributed by atoms with Gasteiger partial charge in [-0.25, -0.2) is 38.4 Å². The van der Waals surface area contributed by atoms with Crippen molar-refractivity contribution in [3.05, 3.63) is 168 Å². The molecule has 0 atom stereocenters. The largest absolute Gasteiger partial charge is 0.465 e. The highest BCUT2D eigenvalue weighted by atomic mass is 17.1. The number of carbonyl (C=O) groups is 8. The van der Waals surface area contributed by atoms with Gasteiger partial charge in [-0.2, -0.15) is 10.5 Å². The molecule has 0 unspecified atom stereocenters. The van der Waals surface area contributed by atoms with Gasteiger partial charge in [0, 0.05) is 7.11 Å². The van der Waals surface area contributed by atoms with Gasteiger partial charge in [0.25, 0.3) is 0 Å².